The number of fused-ring (bicyclic) bond motifs is 3. The number of alkyl halides is 5. The van der Waals surface area contributed by atoms with Gasteiger partial charge in [-0.15, -0.1) is 0 Å². The average molecular weight is 294 g/mol. The molecule has 0 bridgehead atoms. The molecule has 9 heteroatoms. The van der Waals surface area contributed by atoms with Crippen molar-refractivity contribution in [1.82, 2.24) is 9.97 Å². The highest BCUT2D eigenvalue weighted by molar-refractivity contribution is 5.85. The second kappa shape index (κ2) is 3.97. The summed E-state index contributed by atoms with van der Waals surface area (Å²) in [6.07, 6.45) is -5.72. The lowest BCUT2D eigenvalue weighted by Crippen LogP contribution is -2.34. The van der Waals surface area contributed by atoms with Crippen LogP contribution in [-0.2, 0) is 5.92 Å². The van der Waals surface area contributed by atoms with Gasteiger partial charge in [0.25, 0.3) is 0 Å². The third kappa shape index (κ3) is 1.76. The molecule has 3 rings (SSSR count). The topological polar surface area (TPSA) is 47.1 Å². The molecule has 1 aliphatic heterocycles. The summed E-state index contributed by atoms with van der Waals surface area (Å²) in [5.41, 5.74) is -0.0886. The summed E-state index contributed by atoms with van der Waals surface area (Å²) < 4.78 is 73.9. The van der Waals surface area contributed by atoms with E-state index in [4.69, 9.17) is 9.47 Å². The number of aromatic amines is 1. The summed E-state index contributed by atoms with van der Waals surface area (Å²) >= 11 is 0. The lowest BCUT2D eigenvalue weighted by molar-refractivity contribution is -0.292. The first-order valence-electron chi connectivity index (χ1n) is 5.54. The summed E-state index contributed by atoms with van der Waals surface area (Å²) in [5.74, 6) is -6.21. The monoisotopic (exact) mass is 294 g/mol. The minimum absolute atomic E-state index is 0.0215. The van der Waals surface area contributed by atoms with Crippen molar-refractivity contribution >= 4 is 11.0 Å². The maximum absolute atomic E-state index is 13.2. The minimum atomic E-state index is -5.72. The van der Waals surface area contributed by atoms with Gasteiger partial charge >= 0.3 is 12.1 Å². The summed E-state index contributed by atoms with van der Waals surface area (Å²) in [4.78, 5) is 5.31. The first-order chi connectivity index (χ1) is 9.30. The van der Waals surface area contributed by atoms with Gasteiger partial charge in [0.15, 0.2) is 17.3 Å². The van der Waals surface area contributed by atoms with Crippen molar-refractivity contribution in [2.75, 3.05) is 13.2 Å². The molecular weight excluding hydrogens is 287 g/mol. The third-order valence-electron chi connectivity index (χ3n) is 2.81. The molecule has 4 nitrogen and oxygen atoms in total. The van der Waals surface area contributed by atoms with E-state index in [0.29, 0.717) is 0 Å². The highest BCUT2D eigenvalue weighted by Gasteiger charge is 2.61. The number of benzene rings is 1. The number of hydrogen-bond donors (Lipinski definition) is 1. The van der Waals surface area contributed by atoms with E-state index in [1.807, 2.05) is 4.98 Å². The molecule has 0 atom stereocenters. The lowest BCUT2D eigenvalue weighted by atomic mass is 10.2. The highest BCUT2D eigenvalue weighted by atomic mass is 19.4. The minimum Gasteiger partial charge on any atom is -0.486 e. The molecule has 2 aromatic rings. The number of nitrogens with one attached hydrogen (secondary N) is 1. The smallest absolute Gasteiger partial charge is 0.461 e. The molecule has 0 unspecified atom stereocenters. The number of halogens is 5. The zero-order valence-corrected chi connectivity index (χ0v) is 9.72. The molecule has 0 amide bonds. The Hall–Kier alpha value is -2.06. The first kappa shape index (κ1) is 12.9. The highest BCUT2D eigenvalue weighted by Crippen LogP contribution is 2.44. The Bertz CT molecular complexity index is 665. The fraction of sp³-hybridized carbons (Fsp3) is 0.364. The Morgan fingerprint density at radius 1 is 1.05 bits per heavy atom. The molecule has 0 radical (unpaired) electrons. The molecule has 108 valence electrons. The van der Waals surface area contributed by atoms with E-state index in [-0.39, 0.29) is 35.7 Å². The van der Waals surface area contributed by atoms with Gasteiger partial charge in [-0.2, -0.15) is 22.0 Å². The van der Waals surface area contributed by atoms with Crippen LogP contribution in [0, 0.1) is 0 Å². The van der Waals surface area contributed by atoms with E-state index in [1.54, 1.807) is 0 Å². The normalized spacial score (nSPS) is 15.7. The van der Waals surface area contributed by atoms with Gasteiger partial charge in [0.1, 0.15) is 18.7 Å². The van der Waals surface area contributed by atoms with E-state index >= 15 is 0 Å². The lowest BCUT2D eigenvalue weighted by Gasteiger charge is -2.18. The van der Waals surface area contributed by atoms with Crippen LogP contribution in [-0.4, -0.2) is 29.4 Å². The Labute approximate surface area is 108 Å². The van der Waals surface area contributed by atoms with Crippen LogP contribution in [0.2, 0.25) is 0 Å². The van der Waals surface area contributed by atoms with E-state index in [0.717, 1.165) is 0 Å². The van der Waals surface area contributed by atoms with Crippen molar-refractivity contribution in [1.29, 1.82) is 0 Å². The van der Waals surface area contributed by atoms with Crippen LogP contribution in [0.25, 0.3) is 11.0 Å². The quantitative estimate of drug-likeness (QED) is 0.822. The fourth-order valence-corrected chi connectivity index (χ4v) is 1.86. The zero-order valence-electron chi connectivity index (χ0n) is 9.72. The zero-order chi connectivity index (χ0) is 14.5. The number of nitrogens with zero attached hydrogens (tertiary/aromatic N) is 1. The molecular formula is C11H7F5N2O2. The molecule has 1 aliphatic rings. The van der Waals surface area contributed by atoms with E-state index in [9.17, 15) is 22.0 Å². The second-order valence-electron chi connectivity index (χ2n) is 4.14. The van der Waals surface area contributed by atoms with Crippen molar-refractivity contribution in [3.05, 3.63) is 18.0 Å². The van der Waals surface area contributed by atoms with Crippen LogP contribution in [0.15, 0.2) is 12.1 Å². The summed E-state index contributed by atoms with van der Waals surface area (Å²) in [5, 5.41) is 0. The van der Waals surface area contributed by atoms with Crippen LogP contribution < -0.4 is 9.47 Å². The van der Waals surface area contributed by atoms with Gasteiger partial charge in [-0.3, -0.25) is 0 Å². The molecule has 0 spiro atoms. The third-order valence-corrected chi connectivity index (χ3v) is 2.81. The molecule has 0 aliphatic carbocycles. The molecule has 1 aromatic carbocycles. The standard InChI is InChI=1S/C11H7F5N2O2/c12-10(13,11(14,15)16)9-17-5-1-2-6-8(7(5)18-9)20-4-3-19-6/h1-2H,3-4H2,(H,17,18). The Kier molecular flexibility index (Phi) is 2.57. The molecule has 1 N–H and O–H groups in total. The van der Waals surface area contributed by atoms with Crippen molar-refractivity contribution in [2.45, 2.75) is 12.1 Å². The predicted molar refractivity (Wildman–Crippen MR) is 57.0 cm³/mol. The largest absolute Gasteiger partial charge is 0.486 e. The number of ether oxygens (including phenoxy) is 2. The van der Waals surface area contributed by atoms with Gasteiger partial charge in [0.05, 0.1) is 5.52 Å². The Balaban J connectivity index is 2.16. The van der Waals surface area contributed by atoms with Gasteiger partial charge in [-0.1, -0.05) is 0 Å². The molecule has 1 aromatic heterocycles. The summed E-state index contributed by atoms with van der Waals surface area (Å²) in [7, 11) is 0. The average Bonchev–Trinajstić information content (AvgIpc) is 2.82. The van der Waals surface area contributed by atoms with Crippen molar-refractivity contribution in [3.8, 4) is 11.5 Å². The van der Waals surface area contributed by atoms with Crippen LogP contribution in [0.3, 0.4) is 0 Å². The second-order valence-corrected chi connectivity index (χ2v) is 4.14. The number of H-pyrrole nitrogens is 1. The number of hydrogen-bond acceptors (Lipinski definition) is 3. The van der Waals surface area contributed by atoms with Gasteiger partial charge in [-0.05, 0) is 12.1 Å². The number of imidazole rings is 1. The van der Waals surface area contributed by atoms with Gasteiger partial charge in [0.2, 0.25) is 0 Å². The molecule has 0 fully saturated rings. The van der Waals surface area contributed by atoms with Crippen molar-refractivity contribution < 1.29 is 31.4 Å². The van der Waals surface area contributed by atoms with E-state index in [2.05, 4.69) is 4.98 Å². The van der Waals surface area contributed by atoms with E-state index < -0.39 is 17.9 Å². The maximum Gasteiger partial charge on any atom is 0.461 e. The first-order valence-corrected chi connectivity index (χ1v) is 5.54. The predicted octanol–water partition coefficient (Wildman–Crippen LogP) is 2.99. The molecule has 2 heterocycles. The van der Waals surface area contributed by atoms with E-state index in [1.165, 1.54) is 12.1 Å². The van der Waals surface area contributed by atoms with Crippen LogP contribution in [0.4, 0.5) is 22.0 Å². The molecule has 0 saturated heterocycles. The van der Waals surface area contributed by atoms with Crippen molar-refractivity contribution in [2.24, 2.45) is 0 Å². The van der Waals surface area contributed by atoms with Crippen molar-refractivity contribution in [3.63, 3.8) is 0 Å². The SMILES string of the molecule is FC(F)(F)C(F)(F)c1nc2c3c(ccc2[nH]1)OCCO3. The van der Waals surface area contributed by atoms with Crippen LogP contribution in [0.1, 0.15) is 5.82 Å². The Morgan fingerprint density at radius 3 is 2.45 bits per heavy atom. The number of rotatable bonds is 1. The molecule has 0 saturated carbocycles. The van der Waals surface area contributed by atoms with Gasteiger partial charge in [-0.25, -0.2) is 4.98 Å². The van der Waals surface area contributed by atoms with Crippen LogP contribution >= 0.6 is 0 Å². The summed E-state index contributed by atoms with van der Waals surface area (Å²) in [6, 6.07) is 2.73. The Morgan fingerprint density at radius 2 is 1.75 bits per heavy atom. The van der Waals surface area contributed by atoms with Gasteiger partial charge < -0.3 is 14.5 Å². The molecule has 20 heavy (non-hydrogen) atoms. The summed E-state index contributed by atoms with van der Waals surface area (Å²) in [6.45, 7) is 0.443. The fourth-order valence-electron chi connectivity index (χ4n) is 1.86. The maximum atomic E-state index is 13.2. The van der Waals surface area contributed by atoms with Crippen LogP contribution in [0.5, 0.6) is 11.5 Å². The van der Waals surface area contributed by atoms with Gasteiger partial charge in [0, 0.05) is 0 Å². The number of aromatic nitrogens is 2.